The number of epoxide rings is 1. The number of hydrogen-bond acceptors (Lipinski definition) is 6. The number of morpholine rings is 1. The number of ether oxygens (including phenoxy) is 2. The van der Waals surface area contributed by atoms with Crippen LogP contribution >= 0.6 is 0 Å². The molecule has 3 heterocycles. The summed E-state index contributed by atoms with van der Waals surface area (Å²) in [4.78, 5) is 13.6. The molecule has 0 saturated carbocycles. The van der Waals surface area contributed by atoms with Gasteiger partial charge in [0, 0.05) is 0 Å². The summed E-state index contributed by atoms with van der Waals surface area (Å²) in [7, 11) is -3.47. The van der Waals surface area contributed by atoms with Gasteiger partial charge in [-0.25, -0.2) is 4.79 Å². The smallest absolute Gasteiger partial charge is 0.410 e. The zero-order chi connectivity index (χ0) is 13.8. The van der Waals surface area contributed by atoms with Crippen LogP contribution in [0.15, 0.2) is 0 Å². The van der Waals surface area contributed by atoms with Crippen LogP contribution in [0.3, 0.4) is 0 Å². The van der Waals surface area contributed by atoms with Gasteiger partial charge >= 0.3 is 6.09 Å². The third-order valence-electron chi connectivity index (χ3n) is 3.83. The lowest BCUT2D eigenvalue weighted by Gasteiger charge is -2.39. The number of nitrogens with zero attached hydrogens (tertiary/aromatic N) is 1. The van der Waals surface area contributed by atoms with Gasteiger partial charge in [-0.1, -0.05) is 0 Å². The molecule has 0 aromatic rings. The molecule has 0 aromatic carbocycles. The van der Waals surface area contributed by atoms with Crippen LogP contribution in [0.2, 0.25) is 0 Å². The van der Waals surface area contributed by atoms with Crippen molar-refractivity contribution in [1.82, 2.24) is 4.90 Å². The van der Waals surface area contributed by atoms with E-state index < -0.39 is 10.1 Å². The third-order valence-corrected chi connectivity index (χ3v) is 4.45. The zero-order valence-corrected chi connectivity index (χ0v) is 11.6. The molecule has 7 nitrogen and oxygen atoms in total. The molecular weight excluding hydrogens is 274 g/mol. The molecule has 0 N–H and O–H groups in total. The Bertz CT molecular complexity index is 473. The van der Waals surface area contributed by atoms with Gasteiger partial charge < -0.3 is 9.47 Å². The first-order valence-corrected chi connectivity index (χ1v) is 8.21. The fraction of sp³-hybridized carbons (Fsp3) is 0.909. The normalized spacial score (nSPS) is 39.9. The second kappa shape index (κ2) is 4.32. The van der Waals surface area contributed by atoms with E-state index in [1.165, 1.54) is 0 Å². The van der Waals surface area contributed by atoms with Crippen LogP contribution in [0, 0.1) is 0 Å². The van der Waals surface area contributed by atoms with Crippen molar-refractivity contribution in [2.24, 2.45) is 0 Å². The summed E-state index contributed by atoms with van der Waals surface area (Å²) in [5.41, 5.74) is 0. The average molecular weight is 291 g/mol. The highest BCUT2D eigenvalue weighted by Gasteiger charge is 2.65. The zero-order valence-electron chi connectivity index (χ0n) is 10.8. The first-order chi connectivity index (χ1) is 8.90. The highest BCUT2D eigenvalue weighted by Crippen LogP contribution is 2.49. The van der Waals surface area contributed by atoms with Crippen molar-refractivity contribution < 1.29 is 26.9 Å². The molecule has 3 aliphatic heterocycles. The molecule has 0 aromatic heterocycles. The summed E-state index contributed by atoms with van der Waals surface area (Å²) in [5.74, 6) is 0. The lowest BCUT2D eigenvalue weighted by atomic mass is 9.99. The quantitative estimate of drug-likeness (QED) is 0.541. The molecule has 108 valence electrons. The summed E-state index contributed by atoms with van der Waals surface area (Å²) < 4.78 is 38.0. The Morgan fingerprint density at radius 1 is 1.32 bits per heavy atom. The maximum Gasteiger partial charge on any atom is 0.410 e. The average Bonchev–Trinajstić information content (AvgIpc) is 3.01. The molecule has 8 heteroatoms. The van der Waals surface area contributed by atoms with Gasteiger partial charge in [0.1, 0.15) is 12.2 Å². The Hall–Kier alpha value is -0.860. The van der Waals surface area contributed by atoms with Crippen LogP contribution < -0.4 is 0 Å². The molecule has 0 unspecified atom stereocenters. The highest BCUT2D eigenvalue weighted by molar-refractivity contribution is 7.86. The second-order valence-electron chi connectivity index (χ2n) is 5.20. The summed E-state index contributed by atoms with van der Waals surface area (Å²) in [6, 6.07) is -0.260. The summed E-state index contributed by atoms with van der Waals surface area (Å²) in [6.07, 6.45) is 1.32. The van der Waals surface area contributed by atoms with E-state index in [0.717, 1.165) is 6.26 Å². The standard InChI is InChI=1S/C11H17NO6S/c1-3-16-11(13)12-7-4-6(18-19(2,14)15)5-8(12)10-9(7)17-10/h6-10H,3-5H2,1-2H3/t6-,7-,8+,9-,10+. The van der Waals surface area contributed by atoms with Crippen LogP contribution in [0.4, 0.5) is 4.79 Å². The molecular formula is C11H17NO6S. The van der Waals surface area contributed by atoms with Gasteiger partial charge in [-0.3, -0.25) is 9.08 Å². The fourth-order valence-electron chi connectivity index (χ4n) is 3.24. The molecule has 5 atom stereocenters. The minimum atomic E-state index is -3.47. The van der Waals surface area contributed by atoms with E-state index >= 15 is 0 Å². The molecule has 3 saturated heterocycles. The molecule has 0 radical (unpaired) electrons. The number of piperidine rings is 1. The van der Waals surface area contributed by atoms with Gasteiger partial charge in [0.15, 0.2) is 0 Å². The lowest BCUT2D eigenvalue weighted by molar-refractivity contribution is -0.00260. The van der Waals surface area contributed by atoms with Crippen LogP contribution in [0.25, 0.3) is 0 Å². The molecule has 3 rings (SSSR count). The van der Waals surface area contributed by atoms with Gasteiger partial charge in [-0.05, 0) is 19.8 Å². The number of fused-ring (bicyclic) bond motifs is 5. The van der Waals surface area contributed by atoms with E-state index in [-0.39, 0.29) is 36.5 Å². The van der Waals surface area contributed by atoms with E-state index in [1.807, 2.05) is 0 Å². The van der Waals surface area contributed by atoms with E-state index in [1.54, 1.807) is 11.8 Å². The first-order valence-electron chi connectivity index (χ1n) is 6.39. The summed E-state index contributed by atoms with van der Waals surface area (Å²) in [5, 5.41) is 0. The van der Waals surface area contributed by atoms with Crippen LogP contribution in [0.1, 0.15) is 19.8 Å². The van der Waals surface area contributed by atoms with Crippen molar-refractivity contribution >= 4 is 16.2 Å². The van der Waals surface area contributed by atoms with Gasteiger partial charge in [-0.15, -0.1) is 0 Å². The molecule has 0 spiro atoms. The summed E-state index contributed by atoms with van der Waals surface area (Å²) >= 11 is 0. The van der Waals surface area contributed by atoms with Crippen molar-refractivity contribution in [2.45, 2.75) is 50.2 Å². The Kier molecular flexibility index (Phi) is 2.99. The fourth-order valence-corrected chi connectivity index (χ4v) is 3.89. The van der Waals surface area contributed by atoms with Gasteiger partial charge in [0.05, 0.1) is 31.1 Å². The highest BCUT2D eigenvalue weighted by atomic mass is 32.2. The SMILES string of the molecule is CCOC(=O)N1[C@@H]2C[C@@H](OS(C)(=O)=O)C[C@H]1[C@@H]1O[C@@H]12. The van der Waals surface area contributed by atoms with Crippen molar-refractivity contribution in [3.05, 3.63) is 0 Å². The monoisotopic (exact) mass is 291 g/mol. The first kappa shape index (κ1) is 13.1. The lowest BCUT2D eigenvalue weighted by Crippen LogP contribution is -2.52. The second-order valence-corrected chi connectivity index (χ2v) is 6.80. The van der Waals surface area contributed by atoms with Crippen LogP contribution in [-0.2, 0) is 23.8 Å². The number of carbonyl (C=O) groups excluding carboxylic acids is 1. The van der Waals surface area contributed by atoms with Crippen LogP contribution in [-0.4, -0.2) is 62.7 Å². The van der Waals surface area contributed by atoms with Gasteiger partial charge in [0.2, 0.25) is 0 Å². The predicted octanol–water partition coefficient (Wildman–Crippen LogP) is 0.102. The van der Waals surface area contributed by atoms with Crippen molar-refractivity contribution in [2.75, 3.05) is 12.9 Å². The summed E-state index contributed by atoms with van der Waals surface area (Å²) in [6.45, 7) is 2.09. The topological polar surface area (TPSA) is 85.4 Å². The van der Waals surface area contributed by atoms with Gasteiger partial charge in [-0.2, -0.15) is 8.42 Å². The minimum Gasteiger partial charge on any atom is -0.450 e. The third kappa shape index (κ3) is 2.32. The van der Waals surface area contributed by atoms with E-state index in [4.69, 9.17) is 13.7 Å². The molecule has 0 aliphatic carbocycles. The van der Waals surface area contributed by atoms with Crippen molar-refractivity contribution in [3.63, 3.8) is 0 Å². The predicted molar refractivity (Wildman–Crippen MR) is 64.0 cm³/mol. The number of carbonyl (C=O) groups is 1. The number of rotatable bonds is 3. The maximum absolute atomic E-state index is 11.9. The van der Waals surface area contributed by atoms with E-state index in [2.05, 4.69) is 0 Å². The van der Waals surface area contributed by atoms with Crippen LogP contribution in [0.5, 0.6) is 0 Å². The maximum atomic E-state index is 11.9. The van der Waals surface area contributed by atoms with E-state index in [9.17, 15) is 13.2 Å². The molecule has 1 amide bonds. The minimum absolute atomic E-state index is 0.0163. The van der Waals surface area contributed by atoms with Crippen molar-refractivity contribution in [1.29, 1.82) is 0 Å². The molecule has 3 fully saturated rings. The number of hydrogen-bond donors (Lipinski definition) is 0. The Balaban J connectivity index is 1.72. The molecule has 19 heavy (non-hydrogen) atoms. The Morgan fingerprint density at radius 2 is 1.89 bits per heavy atom. The van der Waals surface area contributed by atoms with E-state index in [0.29, 0.717) is 19.4 Å². The molecule has 2 bridgehead atoms. The molecule has 3 aliphatic rings. The van der Waals surface area contributed by atoms with Crippen molar-refractivity contribution in [3.8, 4) is 0 Å². The van der Waals surface area contributed by atoms with Gasteiger partial charge in [0.25, 0.3) is 10.1 Å². The number of amides is 1. The Labute approximate surface area is 111 Å². The Morgan fingerprint density at radius 3 is 2.37 bits per heavy atom. The largest absolute Gasteiger partial charge is 0.450 e.